The zero-order valence-corrected chi connectivity index (χ0v) is 17.5. The maximum atomic E-state index is 9.92. The van der Waals surface area contributed by atoms with Gasteiger partial charge in [-0.2, -0.15) is 20.1 Å². The van der Waals surface area contributed by atoms with Crippen LogP contribution in [0.15, 0.2) is 18.3 Å². The number of aromatic amines is 1. The molecule has 3 aliphatic heterocycles. The lowest BCUT2D eigenvalue weighted by Crippen LogP contribution is -2.46. The monoisotopic (exact) mass is 419 g/mol. The van der Waals surface area contributed by atoms with Crippen LogP contribution in [-0.4, -0.2) is 63.5 Å². The zero-order valence-electron chi connectivity index (χ0n) is 17.5. The molecule has 0 radical (unpaired) electrons. The van der Waals surface area contributed by atoms with Gasteiger partial charge in [0.1, 0.15) is 11.9 Å². The first kappa shape index (κ1) is 18.8. The average Bonchev–Trinajstić information content (AvgIpc) is 3.50. The minimum absolute atomic E-state index is 0.295. The Morgan fingerprint density at radius 1 is 1.16 bits per heavy atom. The number of ether oxygens (including phenoxy) is 2. The van der Waals surface area contributed by atoms with Crippen molar-refractivity contribution in [3.63, 3.8) is 0 Å². The molecule has 0 aromatic carbocycles. The van der Waals surface area contributed by atoms with Gasteiger partial charge in [-0.3, -0.25) is 5.10 Å². The molecular weight excluding hydrogens is 394 g/mol. The Kier molecular flexibility index (Phi) is 4.44. The second-order valence-electron chi connectivity index (χ2n) is 8.86. The summed E-state index contributed by atoms with van der Waals surface area (Å²) in [6, 6.07) is 7.06. The minimum Gasteiger partial charge on any atom is -0.381 e. The van der Waals surface area contributed by atoms with Gasteiger partial charge in [-0.1, -0.05) is 6.92 Å². The first-order valence-corrected chi connectivity index (χ1v) is 11.0. The lowest BCUT2D eigenvalue weighted by atomic mass is 9.82. The van der Waals surface area contributed by atoms with Crippen LogP contribution in [0.25, 0.3) is 16.9 Å². The van der Waals surface area contributed by atoms with Gasteiger partial charge in [-0.15, -0.1) is 0 Å². The van der Waals surface area contributed by atoms with E-state index in [1.165, 1.54) is 0 Å². The molecule has 31 heavy (non-hydrogen) atoms. The number of aromatic nitrogens is 5. The van der Waals surface area contributed by atoms with E-state index in [9.17, 15) is 5.26 Å². The normalized spacial score (nSPS) is 28.2. The van der Waals surface area contributed by atoms with Crippen molar-refractivity contribution in [2.24, 2.45) is 5.92 Å². The van der Waals surface area contributed by atoms with Crippen LogP contribution in [0, 0.1) is 17.2 Å². The standard InChI is InChI=1S/C22H25N7O2/c1-13-10-30-7-5-16(13)17-8-20(28-14-2-3-15(28)12-31-11-14)25-22-21(17)18(9-23)27-29(22)19-4-6-24-26-19/h4,6,8,13-16H,2-3,5,7,10-12H2,1H3,(H,24,26). The summed E-state index contributed by atoms with van der Waals surface area (Å²) in [7, 11) is 0. The second-order valence-corrected chi connectivity index (χ2v) is 8.86. The van der Waals surface area contributed by atoms with Crippen molar-refractivity contribution in [3.05, 3.63) is 29.6 Å². The van der Waals surface area contributed by atoms with Crippen LogP contribution in [0.3, 0.4) is 0 Å². The van der Waals surface area contributed by atoms with Crippen molar-refractivity contribution in [2.75, 3.05) is 31.3 Å². The molecule has 3 aromatic rings. The molecule has 3 aliphatic rings. The first-order valence-electron chi connectivity index (χ1n) is 11.0. The third kappa shape index (κ3) is 2.93. The van der Waals surface area contributed by atoms with E-state index in [2.05, 4.69) is 39.3 Å². The van der Waals surface area contributed by atoms with Gasteiger partial charge < -0.3 is 14.4 Å². The van der Waals surface area contributed by atoms with E-state index in [1.54, 1.807) is 10.9 Å². The molecule has 0 amide bonds. The van der Waals surface area contributed by atoms with E-state index < -0.39 is 0 Å². The summed E-state index contributed by atoms with van der Waals surface area (Å²) >= 11 is 0. The molecule has 9 heteroatoms. The molecule has 3 fully saturated rings. The summed E-state index contributed by atoms with van der Waals surface area (Å²) in [4.78, 5) is 7.52. The van der Waals surface area contributed by atoms with E-state index >= 15 is 0 Å². The molecule has 4 atom stereocenters. The fourth-order valence-electron chi connectivity index (χ4n) is 5.51. The zero-order chi connectivity index (χ0) is 20.9. The number of fused-ring (bicyclic) bond motifs is 3. The van der Waals surface area contributed by atoms with E-state index in [-0.39, 0.29) is 0 Å². The third-order valence-electron chi connectivity index (χ3n) is 7.02. The van der Waals surface area contributed by atoms with Gasteiger partial charge >= 0.3 is 0 Å². The number of morpholine rings is 1. The number of nitrogens with one attached hydrogen (secondary N) is 1. The van der Waals surface area contributed by atoms with E-state index in [0.29, 0.717) is 41.1 Å². The average molecular weight is 419 g/mol. The predicted octanol–water partition coefficient (Wildman–Crippen LogP) is 2.52. The lowest BCUT2D eigenvalue weighted by molar-refractivity contribution is 0.0476. The van der Waals surface area contributed by atoms with Crippen molar-refractivity contribution >= 4 is 16.9 Å². The summed E-state index contributed by atoms with van der Waals surface area (Å²) in [5, 5.41) is 22.4. The second kappa shape index (κ2) is 7.32. The summed E-state index contributed by atoms with van der Waals surface area (Å²) < 4.78 is 13.2. The summed E-state index contributed by atoms with van der Waals surface area (Å²) in [6.45, 7) is 5.15. The largest absolute Gasteiger partial charge is 0.381 e. The quantitative estimate of drug-likeness (QED) is 0.695. The van der Waals surface area contributed by atoms with Gasteiger partial charge in [0.15, 0.2) is 17.2 Å². The number of H-pyrrole nitrogens is 1. The Hall–Kier alpha value is -2.96. The molecule has 1 N–H and O–H groups in total. The van der Waals surface area contributed by atoms with E-state index in [1.807, 2.05) is 6.07 Å². The molecule has 9 nitrogen and oxygen atoms in total. The van der Waals surface area contributed by atoms with Crippen molar-refractivity contribution in [2.45, 2.75) is 44.2 Å². The Morgan fingerprint density at radius 2 is 2.00 bits per heavy atom. The number of pyridine rings is 1. The van der Waals surface area contributed by atoms with Crippen LogP contribution in [0.1, 0.15) is 43.4 Å². The van der Waals surface area contributed by atoms with Gasteiger partial charge in [-0.05, 0) is 42.7 Å². The van der Waals surface area contributed by atoms with Crippen LogP contribution in [0.4, 0.5) is 5.82 Å². The molecule has 2 bridgehead atoms. The number of nitrogens with zero attached hydrogens (tertiary/aromatic N) is 6. The maximum Gasteiger partial charge on any atom is 0.172 e. The van der Waals surface area contributed by atoms with Gasteiger partial charge in [0.25, 0.3) is 0 Å². The minimum atomic E-state index is 0.295. The fourth-order valence-corrected chi connectivity index (χ4v) is 5.51. The lowest BCUT2D eigenvalue weighted by Gasteiger charge is -2.36. The van der Waals surface area contributed by atoms with Gasteiger partial charge in [0.2, 0.25) is 0 Å². The number of hydrogen-bond acceptors (Lipinski definition) is 7. The highest BCUT2D eigenvalue weighted by atomic mass is 16.5. The smallest absolute Gasteiger partial charge is 0.172 e. The molecule has 0 aliphatic carbocycles. The molecule has 6 rings (SSSR count). The van der Waals surface area contributed by atoms with Gasteiger partial charge in [0.05, 0.1) is 36.9 Å². The van der Waals surface area contributed by atoms with Gasteiger partial charge in [0, 0.05) is 19.3 Å². The number of rotatable bonds is 3. The van der Waals surface area contributed by atoms with Crippen LogP contribution < -0.4 is 4.90 Å². The van der Waals surface area contributed by atoms with Crippen molar-refractivity contribution in [1.29, 1.82) is 5.26 Å². The Morgan fingerprint density at radius 3 is 2.71 bits per heavy atom. The molecule has 3 saturated heterocycles. The van der Waals surface area contributed by atoms with Crippen LogP contribution in [-0.2, 0) is 9.47 Å². The van der Waals surface area contributed by atoms with Crippen LogP contribution in [0.2, 0.25) is 0 Å². The van der Waals surface area contributed by atoms with Crippen LogP contribution in [0.5, 0.6) is 0 Å². The highest BCUT2D eigenvalue weighted by Crippen LogP contribution is 2.41. The van der Waals surface area contributed by atoms with Crippen molar-refractivity contribution in [1.82, 2.24) is 25.0 Å². The SMILES string of the molecule is CC1COCCC1c1cc(N2C3CCC2COC3)nc2c1c(C#N)nn2-c1ccn[nH]1. The van der Waals surface area contributed by atoms with E-state index in [0.717, 1.165) is 62.5 Å². The highest BCUT2D eigenvalue weighted by Gasteiger charge is 2.39. The molecule has 160 valence electrons. The highest BCUT2D eigenvalue weighted by molar-refractivity contribution is 5.88. The number of anilines is 1. The van der Waals surface area contributed by atoms with Crippen molar-refractivity contribution in [3.8, 4) is 11.9 Å². The third-order valence-corrected chi connectivity index (χ3v) is 7.02. The molecule has 4 unspecified atom stereocenters. The Balaban J connectivity index is 1.60. The first-order chi connectivity index (χ1) is 15.2. The summed E-state index contributed by atoms with van der Waals surface area (Å²) in [5.41, 5.74) is 2.27. The summed E-state index contributed by atoms with van der Waals surface area (Å²) in [5.74, 6) is 2.31. The number of hydrogen-bond donors (Lipinski definition) is 1. The molecule has 0 spiro atoms. The molecule has 0 saturated carbocycles. The number of nitriles is 1. The fraction of sp³-hybridized carbons (Fsp3) is 0.545. The Bertz CT molecular complexity index is 1130. The molecule has 6 heterocycles. The molecule has 3 aromatic heterocycles. The molecular formula is C22H25N7O2. The Labute approximate surface area is 180 Å². The van der Waals surface area contributed by atoms with Crippen LogP contribution >= 0.6 is 0 Å². The van der Waals surface area contributed by atoms with E-state index in [4.69, 9.17) is 14.5 Å². The summed E-state index contributed by atoms with van der Waals surface area (Å²) in [6.07, 6.45) is 4.85. The predicted molar refractivity (Wildman–Crippen MR) is 113 cm³/mol. The topological polar surface area (TPSA) is 105 Å². The van der Waals surface area contributed by atoms with Crippen molar-refractivity contribution < 1.29 is 9.47 Å². The maximum absolute atomic E-state index is 9.92. The van der Waals surface area contributed by atoms with Gasteiger partial charge in [-0.25, -0.2) is 4.98 Å².